The standard InChI is InChI=1S/C19H25N3O/c1-13(2)5-6-21-18-10-16(11-20-12-18)19(23)22-17-8-14(3)7-15(4)9-17/h7-13,21H,5-6H2,1-4H3,(H,22,23). The van der Waals surface area contributed by atoms with E-state index >= 15 is 0 Å². The van der Waals surface area contributed by atoms with Gasteiger partial charge in [-0.05, 0) is 55.5 Å². The van der Waals surface area contributed by atoms with Gasteiger partial charge in [0.2, 0.25) is 0 Å². The van der Waals surface area contributed by atoms with Crippen LogP contribution in [0.1, 0.15) is 41.8 Å². The maximum absolute atomic E-state index is 12.4. The van der Waals surface area contributed by atoms with Crippen LogP contribution in [-0.4, -0.2) is 17.4 Å². The van der Waals surface area contributed by atoms with Gasteiger partial charge >= 0.3 is 0 Å². The Morgan fingerprint density at radius 3 is 2.39 bits per heavy atom. The molecule has 0 aliphatic carbocycles. The predicted molar refractivity (Wildman–Crippen MR) is 96.1 cm³/mol. The molecule has 0 saturated carbocycles. The van der Waals surface area contributed by atoms with E-state index < -0.39 is 0 Å². The average Bonchev–Trinajstić information content (AvgIpc) is 2.46. The van der Waals surface area contributed by atoms with Gasteiger partial charge in [-0.15, -0.1) is 0 Å². The SMILES string of the molecule is Cc1cc(C)cc(NC(=O)c2cncc(NCCC(C)C)c2)c1. The van der Waals surface area contributed by atoms with Gasteiger partial charge in [-0.25, -0.2) is 0 Å². The van der Waals surface area contributed by atoms with Crippen LogP contribution in [0.4, 0.5) is 11.4 Å². The minimum Gasteiger partial charge on any atom is -0.384 e. The second-order valence-corrected chi connectivity index (χ2v) is 6.40. The van der Waals surface area contributed by atoms with E-state index in [1.54, 1.807) is 12.4 Å². The molecule has 0 fully saturated rings. The third-order valence-electron chi connectivity index (χ3n) is 3.53. The lowest BCUT2D eigenvalue weighted by Crippen LogP contribution is -2.13. The highest BCUT2D eigenvalue weighted by molar-refractivity contribution is 6.04. The number of aromatic nitrogens is 1. The number of hydrogen-bond acceptors (Lipinski definition) is 3. The zero-order chi connectivity index (χ0) is 16.8. The lowest BCUT2D eigenvalue weighted by Gasteiger charge is -2.10. The van der Waals surface area contributed by atoms with Crippen LogP contribution in [0.2, 0.25) is 0 Å². The van der Waals surface area contributed by atoms with Crippen LogP contribution >= 0.6 is 0 Å². The van der Waals surface area contributed by atoms with E-state index in [-0.39, 0.29) is 5.91 Å². The smallest absolute Gasteiger partial charge is 0.257 e. The molecule has 0 aliphatic heterocycles. The highest BCUT2D eigenvalue weighted by Gasteiger charge is 2.08. The van der Waals surface area contributed by atoms with Crippen molar-refractivity contribution in [2.75, 3.05) is 17.2 Å². The summed E-state index contributed by atoms with van der Waals surface area (Å²) in [6, 6.07) is 7.84. The molecule has 1 heterocycles. The molecular formula is C19H25N3O. The van der Waals surface area contributed by atoms with Crippen LogP contribution in [0, 0.1) is 19.8 Å². The zero-order valence-corrected chi connectivity index (χ0v) is 14.3. The molecule has 0 radical (unpaired) electrons. The number of nitrogens with zero attached hydrogens (tertiary/aromatic N) is 1. The minimum atomic E-state index is -0.144. The summed E-state index contributed by atoms with van der Waals surface area (Å²) in [7, 11) is 0. The van der Waals surface area contributed by atoms with Gasteiger partial charge in [0.05, 0.1) is 11.3 Å². The first-order valence-electron chi connectivity index (χ1n) is 8.02. The molecule has 23 heavy (non-hydrogen) atoms. The third kappa shape index (κ3) is 5.40. The van der Waals surface area contributed by atoms with E-state index in [4.69, 9.17) is 0 Å². The summed E-state index contributed by atoms with van der Waals surface area (Å²) < 4.78 is 0. The number of pyridine rings is 1. The number of carbonyl (C=O) groups is 1. The Bertz CT molecular complexity index is 660. The zero-order valence-electron chi connectivity index (χ0n) is 14.3. The van der Waals surface area contributed by atoms with Crippen molar-refractivity contribution >= 4 is 17.3 Å². The highest BCUT2D eigenvalue weighted by atomic mass is 16.1. The number of anilines is 2. The first-order chi connectivity index (χ1) is 10.9. The van der Waals surface area contributed by atoms with E-state index in [9.17, 15) is 4.79 Å². The summed E-state index contributed by atoms with van der Waals surface area (Å²) in [4.78, 5) is 16.5. The summed E-state index contributed by atoms with van der Waals surface area (Å²) in [5.41, 5.74) is 4.49. The highest BCUT2D eigenvalue weighted by Crippen LogP contribution is 2.16. The van der Waals surface area contributed by atoms with Crippen LogP contribution < -0.4 is 10.6 Å². The molecule has 0 saturated heterocycles. The molecule has 1 aromatic heterocycles. The Labute approximate surface area is 138 Å². The van der Waals surface area contributed by atoms with E-state index in [0.29, 0.717) is 11.5 Å². The van der Waals surface area contributed by atoms with Crippen LogP contribution in [0.3, 0.4) is 0 Å². The van der Waals surface area contributed by atoms with Gasteiger partial charge in [0.25, 0.3) is 5.91 Å². The Kier molecular flexibility index (Phi) is 5.74. The molecule has 2 aromatic rings. The van der Waals surface area contributed by atoms with Gasteiger partial charge in [-0.1, -0.05) is 19.9 Å². The van der Waals surface area contributed by atoms with Crippen LogP contribution in [-0.2, 0) is 0 Å². The first-order valence-corrected chi connectivity index (χ1v) is 8.02. The van der Waals surface area contributed by atoms with Crippen molar-refractivity contribution in [3.05, 3.63) is 53.3 Å². The molecule has 4 heteroatoms. The van der Waals surface area contributed by atoms with Crippen molar-refractivity contribution in [1.82, 2.24) is 4.98 Å². The average molecular weight is 311 g/mol. The Balaban J connectivity index is 2.04. The van der Waals surface area contributed by atoms with Gasteiger partial charge in [0, 0.05) is 24.6 Å². The molecular weight excluding hydrogens is 286 g/mol. The van der Waals surface area contributed by atoms with Gasteiger partial charge in [-0.2, -0.15) is 0 Å². The van der Waals surface area contributed by atoms with E-state index in [1.807, 2.05) is 32.0 Å². The molecule has 122 valence electrons. The number of aryl methyl sites for hydroxylation is 2. The van der Waals surface area contributed by atoms with Crippen molar-refractivity contribution in [2.24, 2.45) is 5.92 Å². The maximum Gasteiger partial charge on any atom is 0.257 e. The van der Waals surface area contributed by atoms with Crippen molar-refractivity contribution < 1.29 is 4.79 Å². The third-order valence-corrected chi connectivity index (χ3v) is 3.53. The number of carbonyl (C=O) groups excluding carboxylic acids is 1. The Hall–Kier alpha value is -2.36. The van der Waals surface area contributed by atoms with Gasteiger partial charge in [-0.3, -0.25) is 9.78 Å². The van der Waals surface area contributed by atoms with Crippen LogP contribution in [0.15, 0.2) is 36.7 Å². The number of nitrogens with one attached hydrogen (secondary N) is 2. The fraction of sp³-hybridized carbons (Fsp3) is 0.368. The van der Waals surface area contributed by atoms with Crippen molar-refractivity contribution in [1.29, 1.82) is 0 Å². The van der Waals surface area contributed by atoms with Gasteiger partial charge in [0.1, 0.15) is 0 Å². The maximum atomic E-state index is 12.4. The lowest BCUT2D eigenvalue weighted by atomic mass is 10.1. The topological polar surface area (TPSA) is 54.0 Å². The predicted octanol–water partition coefficient (Wildman–Crippen LogP) is 4.41. The van der Waals surface area contributed by atoms with Crippen LogP contribution in [0.5, 0.6) is 0 Å². The fourth-order valence-electron chi connectivity index (χ4n) is 2.42. The van der Waals surface area contributed by atoms with E-state index in [2.05, 4.69) is 35.5 Å². The second kappa shape index (κ2) is 7.77. The van der Waals surface area contributed by atoms with Gasteiger partial charge < -0.3 is 10.6 Å². The van der Waals surface area contributed by atoms with E-state index in [1.165, 1.54) is 0 Å². The van der Waals surface area contributed by atoms with Crippen molar-refractivity contribution in [2.45, 2.75) is 34.1 Å². The summed E-state index contributed by atoms with van der Waals surface area (Å²) >= 11 is 0. The summed E-state index contributed by atoms with van der Waals surface area (Å²) in [5, 5.41) is 6.25. The number of amides is 1. The Morgan fingerprint density at radius 1 is 1.04 bits per heavy atom. The first kappa shape index (κ1) is 17.0. The summed E-state index contributed by atoms with van der Waals surface area (Å²) in [5.74, 6) is 0.501. The molecule has 0 unspecified atom stereocenters. The number of benzene rings is 1. The molecule has 0 atom stereocenters. The molecule has 1 amide bonds. The molecule has 0 bridgehead atoms. The largest absolute Gasteiger partial charge is 0.384 e. The molecule has 2 rings (SSSR count). The Morgan fingerprint density at radius 2 is 1.74 bits per heavy atom. The monoisotopic (exact) mass is 311 g/mol. The number of hydrogen-bond donors (Lipinski definition) is 2. The quantitative estimate of drug-likeness (QED) is 0.831. The number of rotatable bonds is 6. The van der Waals surface area contributed by atoms with Crippen molar-refractivity contribution in [3.63, 3.8) is 0 Å². The lowest BCUT2D eigenvalue weighted by molar-refractivity contribution is 0.102. The molecule has 2 N–H and O–H groups in total. The minimum absolute atomic E-state index is 0.144. The van der Waals surface area contributed by atoms with E-state index in [0.717, 1.165) is 35.5 Å². The summed E-state index contributed by atoms with van der Waals surface area (Å²) in [6.45, 7) is 9.29. The molecule has 0 spiro atoms. The van der Waals surface area contributed by atoms with Crippen LogP contribution in [0.25, 0.3) is 0 Å². The molecule has 0 aliphatic rings. The van der Waals surface area contributed by atoms with Crippen molar-refractivity contribution in [3.8, 4) is 0 Å². The van der Waals surface area contributed by atoms with Gasteiger partial charge in [0.15, 0.2) is 0 Å². The molecule has 1 aromatic carbocycles. The normalized spacial score (nSPS) is 10.7. The fourth-order valence-corrected chi connectivity index (χ4v) is 2.42. The second-order valence-electron chi connectivity index (χ2n) is 6.40. The summed E-state index contributed by atoms with van der Waals surface area (Å²) in [6.07, 6.45) is 4.42. The molecule has 4 nitrogen and oxygen atoms in total.